The Morgan fingerprint density at radius 3 is 1.62 bits per heavy atom. The highest BCUT2D eigenvalue weighted by Crippen LogP contribution is 2.17. The number of unbranched alkanes of at least 4 members (excludes halogenated alkanes) is 19. The van der Waals surface area contributed by atoms with Crippen LogP contribution in [0.3, 0.4) is 0 Å². The van der Waals surface area contributed by atoms with Gasteiger partial charge < -0.3 is 26.4 Å². The summed E-state index contributed by atoms with van der Waals surface area (Å²) < 4.78 is 0. The van der Waals surface area contributed by atoms with Crippen LogP contribution < -0.4 is 11.1 Å². The number of carbonyl (C=O) groups is 1. The molecule has 6 N–H and O–H groups in total. The van der Waals surface area contributed by atoms with Crippen molar-refractivity contribution in [2.45, 2.75) is 192 Å². The first-order valence-electron chi connectivity index (χ1n) is 17.8. The Hall–Kier alpha value is -1.21. The molecule has 0 aromatic heterocycles. The van der Waals surface area contributed by atoms with Crippen molar-refractivity contribution in [3.8, 4) is 0 Å². The van der Waals surface area contributed by atoms with Gasteiger partial charge in [0.25, 0.3) is 0 Å². The van der Waals surface area contributed by atoms with Crippen molar-refractivity contribution in [1.82, 2.24) is 5.32 Å². The summed E-state index contributed by atoms with van der Waals surface area (Å²) in [5.74, 6) is -0.297. The van der Waals surface area contributed by atoms with Crippen LogP contribution in [0.25, 0.3) is 0 Å². The van der Waals surface area contributed by atoms with Crippen molar-refractivity contribution >= 4 is 5.91 Å². The molecule has 0 radical (unpaired) electrons. The lowest BCUT2D eigenvalue weighted by Crippen LogP contribution is -2.68. The highest BCUT2D eigenvalue weighted by Gasteiger charge is 2.39. The zero-order valence-corrected chi connectivity index (χ0v) is 27.7. The summed E-state index contributed by atoms with van der Waals surface area (Å²) in [4.78, 5) is 12.4. The average Bonchev–Trinajstić information content (AvgIpc) is 2.99. The Balaban J connectivity index is 3.90. The summed E-state index contributed by atoms with van der Waals surface area (Å²) >= 11 is 0. The molecule has 0 aliphatic heterocycles. The van der Waals surface area contributed by atoms with Gasteiger partial charge in [0.1, 0.15) is 11.8 Å². The molecule has 0 aliphatic rings. The molecule has 0 rings (SSSR count). The van der Waals surface area contributed by atoms with Crippen molar-refractivity contribution in [1.29, 1.82) is 0 Å². The van der Waals surface area contributed by atoms with E-state index in [9.17, 15) is 20.1 Å². The Kier molecular flexibility index (Phi) is 29.0. The number of aliphatic hydroxyl groups is 3. The van der Waals surface area contributed by atoms with Crippen LogP contribution in [0.5, 0.6) is 0 Å². The van der Waals surface area contributed by atoms with Crippen LogP contribution in [0.2, 0.25) is 0 Å². The van der Waals surface area contributed by atoms with Crippen LogP contribution in [-0.2, 0) is 4.79 Å². The van der Waals surface area contributed by atoms with Gasteiger partial charge in [-0.2, -0.15) is 0 Å². The van der Waals surface area contributed by atoms with Crippen LogP contribution in [0.4, 0.5) is 0 Å². The second-order valence-electron chi connectivity index (χ2n) is 12.4. The molecule has 0 spiro atoms. The van der Waals surface area contributed by atoms with E-state index < -0.39 is 24.5 Å². The Bertz CT molecular complexity index is 654. The van der Waals surface area contributed by atoms with Crippen LogP contribution in [-0.4, -0.2) is 45.7 Å². The first kappa shape index (κ1) is 40.8. The van der Waals surface area contributed by atoms with Crippen LogP contribution in [0.15, 0.2) is 24.3 Å². The molecule has 0 unspecified atom stereocenters. The summed E-state index contributed by atoms with van der Waals surface area (Å²) in [7, 11) is 0. The molecule has 6 heteroatoms. The molecular weight excluding hydrogens is 524 g/mol. The number of nitrogens with two attached hydrogens (primary N) is 1. The quantitative estimate of drug-likeness (QED) is 0.0314. The van der Waals surface area contributed by atoms with Gasteiger partial charge in [-0.25, -0.2) is 0 Å². The van der Waals surface area contributed by atoms with E-state index in [0.29, 0.717) is 12.8 Å². The van der Waals surface area contributed by atoms with Crippen LogP contribution in [0.1, 0.15) is 174 Å². The van der Waals surface area contributed by atoms with Crippen molar-refractivity contribution in [2.75, 3.05) is 6.61 Å². The fourth-order valence-corrected chi connectivity index (χ4v) is 5.32. The molecule has 248 valence electrons. The fourth-order valence-electron chi connectivity index (χ4n) is 5.32. The molecule has 6 nitrogen and oxygen atoms in total. The summed E-state index contributed by atoms with van der Waals surface area (Å²) in [6, 6.07) is 0. The van der Waals surface area contributed by atoms with E-state index in [0.717, 1.165) is 64.2 Å². The van der Waals surface area contributed by atoms with Crippen molar-refractivity contribution in [3.05, 3.63) is 24.3 Å². The molecule has 42 heavy (non-hydrogen) atoms. The predicted molar refractivity (Wildman–Crippen MR) is 179 cm³/mol. The van der Waals surface area contributed by atoms with Gasteiger partial charge in [0.2, 0.25) is 5.91 Å². The second kappa shape index (κ2) is 29.8. The number of nitrogens with one attached hydrogen (secondary N) is 1. The number of rotatable bonds is 31. The van der Waals surface area contributed by atoms with Gasteiger partial charge in [-0.15, -0.1) is 0 Å². The topological polar surface area (TPSA) is 116 Å². The largest absolute Gasteiger partial charge is 0.392 e. The molecular formula is C36H70N2O4. The molecule has 0 fully saturated rings. The van der Waals surface area contributed by atoms with Gasteiger partial charge in [-0.1, -0.05) is 147 Å². The fraction of sp³-hybridized carbons (Fsp3) is 0.861. The summed E-state index contributed by atoms with van der Waals surface area (Å²) in [5, 5.41) is 33.5. The van der Waals surface area contributed by atoms with E-state index in [4.69, 9.17) is 5.73 Å². The Morgan fingerprint density at radius 2 is 1.10 bits per heavy atom. The molecule has 0 aliphatic carbocycles. The maximum absolute atomic E-state index is 12.4. The molecule has 0 bridgehead atoms. The van der Waals surface area contributed by atoms with E-state index in [1.165, 1.54) is 83.5 Å². The maximum Gasteiger partial charge on any atom is 0.221 e. The third kappa shape index (κ3) is 24.3. The van der Waals surface area contributed by atoms with Crippen molar-refractivity contribution in [3.63, 3.8) is 0 Å². The zero-order valence-electron chi connectivity index (χ0n) is 27.7. The minimum absolute atomic E-state index is 0.297. The monoisotopic (exact) mass is 595 g/mol. The van der Waals surface area contributed by atoms with E-state index in [-0.39, 0.29) is 5.91 Å². The first-order valence-corrected chi connectivity index (χ1v) is 17.8. The number of hydrogen-bond donors (Lipinski definition) is 5. The van der Waals surface area contributed by atoms with E-state index in [1.54, 1.807) is 0 Å². The van der Waals surface area contributed by atoms with Gasteiger partial charge >= 0.3 is 0 Å². The second-order valence-corrected chi connectivity index (χ2v) is 12.4. The van der Waals surface area contributed by atoms with Crippen molar-refractivity contribution < 1.29 is 20.1 Å². The maximum atomic E-state index is 12.4. The van der Waals surface area contributed by atoms with Crippen molar-refractivity contribution in [2.24, 2.45) is 5.73 Å². The number of allylic oxidation sites excluding steroid dienone is 4. The Morgan fingerprint density at radius 1 is 0.667 bits per heavy atom. The number of carbonyl (C=O) groups excluding carboxylic acids is 1. The lowest BCUT2D eigenvalue weighted by atomic mass is 9.95. The number of hydrogen-bond acceptors (Lipinski definition) is 5. The van der Waals surface area contributed by atoms with E-state index in [2.05, 4.69) is 43.5 Å². The molecule has 0 heterocycles. The Labute approximate surface area is 260 Å². The minimum atomic E-state index is -1.73. The average molecular weight is 595 g/mol. The molecule has 3 atom stereocenters. The van der Waals surface area contributed by atoms with Crippen LogP contribution >= 0.6 is 0 Å². The predicted octanol–water partition coefficient (Wildman–Crippen LogP) is 8.38. The SMILES string of the molecule is CCCCC/C=C\C/C=C\CCCCCCCC(=O)N[C@@](N)(CO)[C@H](O)[C@H](O)CCCCCCCCCCCCCC. The number of amides is 1. The van der Waals surface area contributed by atoms with Gasteiger partial charge in [-0.05, 0) is 44.9 Å². The molecule has 0 saturated carbocycles. The van der Waals surface area contributed by atoms with Gasteiger partial charge in [0.05, 0.1) is 12.7 Å². The summed E-state index contributed by atoms with van der Waals surface area (Å²) in [5.41, 5.74) is 4.40. The van der Waals surface area contributed by atoms with E-state index >= 15 is 0 Å². The zero-order chi connectivity index (χ0) is 31.2. The van der Waals surface area contributed by atoms with Gasteiger partial charge in [0, 0.05) is 6.42 Å². The molecule has 0 saturated heterocycles. The van der Waals surface area contributed by atoms with Gasteiger partial charge in [-0.3, -0.25) is 4.79 Å². The lowest BCUT2D eigenvalue weighted by molar-refractivity contribution is -0.128. The normalized spacial score (nSPS) is 14.9. The molecule has 0 aromatic rings. The van der Waals surface area contributed by atoms with Crippen LogP contribution in [0, 0.1) is 0 Å². The highest BCUT2D eigenvalue weighted by molar-refractivity contribution is 5.76. The first-order chi connectivity index (χ1) is 20.4. The minimum Gasteiger partial charge on any atom is -0.392 e. The third-order valence-corrected chi connectivity index (χ3v) is 8.23. The van der Waals surface area contributed by atoms with Gasteiger partial charge in [0.15, 0.2) is 0 Å². The third-order valence-electron chi connectivity index (χ3n) is 8.23. The standard InChI is InChI=1S/C36H70N2O4/c1-3-5-7-9-11-13-15-17-18-19-21-23-25-27-29-31-34(41)38-36(37,32-39)35(42)33(40)30-28-26-24-22-20-16-14-12-10-8-6-4-2/h11,13,17-18,33,35,39-40,42H,3-10,12,14-16,19-32,37H2,1-2H3,(H,38,41)/b13-11-,18-17-/t33-,35-,36+/m1/s1. The lowest BCUT2D eigenvalue weighted by Gasteiger charge is -2.36. The molecule has 0 aromatic carbocycles. The van der Waals surface area contributed by atoms with E-state index in [1.807, 2.05) is 0 Å². The summed E-state index contributed by atoms with van der Waals surface area (Å²) in [6.45, 7) is 3.85. The summed E-state index contributed by atoms with van der Waals surface area (Å²) in [6.07, 6.45) is 34.2. The number of aliphatic hydroxyl groups excluding tert-OH is 3. The smallest absolute Gasteiger partial charge is 0.221 e. The molecule has 1 amide bonds. The highest BCUT2D eigenvalue weighted by atomic mass is 16.3.